The van der Waals surface area contributed by atoms with Crippen LogP contribution in [0.5, 0.6) is 11.5 Å². The van der Waals surface area contributed by atoms with E-state index in [1.54, 1.807) is 12.0 Å². The average molecular weight is 280 g/mol. The van der Waals surface area contributed by atoms with Gasteiger partial charge >= 0.3 is 0 Å². The van der Waals surface area contributed by atoms with Crippen LogP contribution in [0.1, 0.15) is 19.4 Å². The van der Waals surface area contributed by atoms with E-state index in [1.807, 2.05) is 39.1 Å². The summed E-state index contributed by atoms with van der Waals surface area (Å²) in [5.74, 6) is 1.26. The number of para-hydroxylation sites is 1. The van der Waals surface area contributed by atoms with Gasteiger partial charge in [0, 0.05) is 25.2 Å². The average Bonchev–Trinajstić information content (AvgIpc) is 2.47. The molecule has 0 saturated heterocycles. The summed E-state index contributed by atoms with van der Waals surface area (Å²) in [5, 5.41) is 3.08. The van der Waals surface area contributed by atoms with Crippen molar-refractivity contribution in [2.24, 2.45) is 0 Å². The molecule has 0 saturated carbocycles. The summed E-state index contributed by atoms with van der Waals surface area (Å²) >= 11 is 0. The number of methoxy groups -OCH3 is 1. The molecule has 5 nitrogen and oxygen atoms in total. The maximum absolute atomic E-state index is 12.0. The monoisotopic (exact) mass is 280 g/mol. The maximum atomic E-state index is 12.0. The van der Waals surface area contributed by atoms with Crippen molar-refractivity contribution in [1.82, 2.24) is 10.2 Å². The predicted octanol–water partition coefficient (Wildman–Crippen LogP) is 1.66. The number of benzene rings is 1. The predicted molar refractivity (Wildman–Crippen MR) is 79.2 cm³/mol. The van der Waals surface area contributed by atoms with Gasteiger partial charge in [-0.1, -0.05) is 12.1 Å². The number of likely N-dealkylation sites (N-methyl/N-ethyl adjacent to an activating group) is 1. The van der Waals surface area contributed by atoms with Gasteiger partial charge in [0.2, 0.25) is 0 Å². The van der Waals surface area contributed by atoms with Gasteiger partial charge in [0.25, 0.3) is 5.91 Å². The number of amides is 1. The number of carbonyl (C=O) groups is 1. The Bertz CT molecular complexity index is 431. The SMILES string of the molecule is CCN(CC)C(=O)COc1c(CNC)cccc1OC. The van der Waals surface area contributed by atoms with E-state index in [0.717, 1.165) is 5.56 Å². The molecule has 5 heteroatoms. The summed E-state index contributed by atoms with van der Waals surface area (Å²) in [4.78, 5) is 13.7. The van der Waals surface area contributed by atoms with Crippen molar-refractivity contribution >= 4 is 5.91 Å². The molecular weight excluding hydrogens is 256 g/mol. The van der Waals surface area contributed by atoms with E-state index < -0.39 is 0 Å². The van der Waals surface area contributed by atoms with Gasteiger partial charge in [0.05, 0.1) is 7.11 Å². The Morgan fingerprint density at radius 3 is 2.55 bits per heavy atom. The lowest BCUT2D eigenvalue weighted by Crippen LogP contribution is -2.34. The van der Waals surface area contributed by atoms with E-state index in [0.29, 0.717) is 31.1 Å². The minimum atomic E-state index is -0.0173. The van der Waals surface area contributed by atoms with Crippen molar-refractivity contribution in [3.8, 4) is 11.5 Å². The zero-order chi connectivity index (χ0) is 15.0. The van der Waals surface area contributed by atoms with Gasteiger partial charge in [-0.25, -0.2) is 0 Å². The number of rotatable bonds is 8. The van der Waals surface area contributed by atoms with Crippen LogP contribution in [0, 0.1) is 0 Å². The van der Waals surface area contributed by atoms with Crippen molar-refractivity contribution in [2.75, 3.05) is 33.9 Å². The van der Waals surface area contributed by atoms with Crippen LogP contribution >= 0.6 is 0 Å². The molecule has 0 spiro atoms. The minimum absolute atomic E-state index is 0.0173. The molecule has 20 heavy (non-hydrogen) atoms. The van der Waals surface area contributed by atoms with Crippen LogP contribution in [0.15, 0.2) is 18.2 Å². The molecule has 0 heterocycles. The van der Waals surface area contributed by atoms with Crippen molar-refractivity contribution in [2.45, 2.75) is 20.4 Å². The summed E-state index contributed by atoms with van der Waals surface area (Å²) < 4.78 is 11.0. The number of carbonyl (C=O) groups excluding carboxylic acids is 1. The highest BCUT2D eigenvalue weighted by Crippen LogP contribution is 2.31. The molecule has 0 radical (unpaired) electrons. The molecule has 1 N–H and O–H groups in total. The summed E-state index contributed by atoms with van der Waals surface area (Å²) in [5.41, 5.74) is 0.971. The maximum Gasteiger partial charge on any atom is 0.260 e. The zero-order valence-corrected chi connectivity index (χ0v) is 12.7. The summed E-state index contributed by atoms with van der Waals surface area (Å²) in [6, 6.07) is 5.69. The molecule has 112 valence electrons. The Morgan fingerprint density at radius 2 is 2.00 bits per heavy atom. The highest BCUT2D eigenvalue weighted by atomic mass is 16.5. The van der Waals surface area contributed by atoms with Crippen molar-refractivity contribution < 1.29 is 14.3 Å². The Morgan fingerprint density at radius 1 is 1.30 bits per heavy atom. The summed E-state index contributed by atoms with van der Waals surface area (Å²) in [7, 11) is 3.46. The first-order valence-corrected chi connectivity index (χ1v) is 6.88. The lowest BCUT2D eigenvalue weighted by molar-refractivity contribution is -0.133. The normalized spacial score (nSPS) is 10.2. The first-order valence-electron chi connectivity index (χ1n) is 6.88. The number of nitrogens with one attached hydrogen (secondary N) is 1. The Labute approximate surface area is 120 Å². The molecule has 1 aromatic rings. The number of ether oxygens (including phenoxy) is 2. The first-order chi connectivity index (χ1) is 9.67. The van der Waals surface area contributed by atoms with E-state index in [1.165, 1.54) is 0 Å². The second kappa shape index (κ2) is 8.43. The molecule has 0 bridgehead atoms. The Hall–Kier alpha value is -1.75. The largest absolute Gasteiger partial charge is 0.493 e. The molecule has 0 atom stereocenters. The molecule has 0 fully saturated rings. The van der Waals surface area contributed by atoms with E-state index in [4.69, 9.17) is 9.47 Å². The zero-order valence-electron chi connectivity index (χ0n) is 12.7. The Balaban J connectivity index is 2.82. The van der Waals surface area contributed by atoms with Crippen molar-refractivity contribution in [1.29, 1.82) is 0 Å². The number of hydrogen-bond donors (Lipinski definition) is 1. The standard InChI is InChI=1S/C15H24N2O3/c1-5-17(6-2)14(18)11-20-15-12(10-16-3)8-7-9-13(15)19-4/h7-9,16H,5-6,10-11H2,1-4H3. The van der Waals surface area contributed by atoms with Gasteiger partial charge in [-0.2, -0.15) is 0 Å². The number of nitrogens with zero attached hydrogens (tertiary/aromatic N) is 1. The lowest BCUT2D eigenvalue weighted by atomic mass is 10.2. The van der Waals surface area contributed by atoms with E-state index >= 15 is 0 Å². The van der Waals surface area contributed by atoms with E-state index in [9.17, 15) is 4.79 Å². The molecular formula is C15H24N2O3. The first kappa shape index (κ1) is 16.3. The third-order valence-electron chi connectivity index (χ3n) is 3.10. The highest BCUT2D eigenvalue weighted by Gasteiger charge is 2.14. The molecule has 1 aromatic carbocycles. The highest BCUT2D eigenvalue weighted by molar-refractivity contribution is 5.77. The molecule has 1 amide bonds. The molecule has 0 aromatic heterocycles. The van der Waals surface area contributed by atoms with Gasteiger partial charge in [-0.05, 0) is 27.0 Å². The fraction of sp³-hybridized carbons (Fsp3) is 0.533. The topological polar surface area (TPSA) is 50.8 Å². The van der Waals surface area contributed by atoms with E-state index in [-0.39, 0.29) is 12.5 Å². The quantitative estimate of drug-likeness (QED) is 0.787. The van der Waals surface area contributed by atoms with Crippen molar-refractivity contribution in [3.63, 3.8) is 0 Å². The molecule has 0 unspecified atom stereocenters. The van der Waals surface area contributed by atoms with Gasteiger partial charge in [-0.3, -0.25) is 4.79 Å². The lowest BCUT2D eigenvalue weighted by Gasteiger charge is -2.20. The summed E-state index contributed by atoms with van der Waals surface area (Å²) in [6.07, 6.45) is 0. The second-order valence-electron chi connectivity index (χ2n) is 4.33. The van der Waals surface area contributed by atoms with Gasteiger partial charge < -0.3 is 19.7 Å². The third kappa shape index (κ3) is 4.13. The molecule has 0 aliphatic carbocycles. The van der Waals surface area contributed by atoms with Crippen LogP contribution < -0.4 is 14.8 Å². The fourth-order valence-corrected chi connectivity index (χ4v) is 2.02. The van der Waals surface area contributed by atoms with Gasteiger partial charge in [-0.15, -0.1) is 0 Å². The van der Waals surface area contributed by atoms with Crippen LogP contribution in [-0.4, -0.2) is 44.7 Å². The van der Waals surface area contributed by atoms with Crippen LogP contribution in [0.4, 0.5) is 0 Å². The van der Waals surface area contributed by atoms with Crippen LogP contribution in [0.2, 0.25) is 0 Å². The molecule has 1 rings (SSSR count). The van der Waals surface area contributed by atoms with Crippen LogP contribution in [0.3, 0.4) is 0 Å². The van der Waals surface area contributed by atoms with Crippen LogP contribution in [0.25, 0.3) is 0 Å². The third-order valence-corrected chi connectivity index (χ3v) is 3.10. The van der Waals surface area contributed by atoms with Gasteiger partial charge in [0.1, 0.15) is 0 Å². The van der Waals surface area contributed by atoms with E-state index in [2.05, 4.69) is 5.32 Å². The molecule has 0 aliphatic heterocycles. The van der Waals surface area contributed by atoms with Crippen LogP contribution in [-0.2, 0) is 11.3 Å². The number of hydrogen-bond acceptors (Lipinski definition) is 4. The fourth-order valence-electron chi connectivity index (χ4n) is 2.02. The van der Waals surface area contributed by atoms with Gasteiger partial charge in [0.15, 0.2) is 18.1 Å². The second-order valence-corrected chi connectivity index (χ2v) is 4.33. The minimum Gasteiger partial charge on any atom is -0.493 e. The Kier molecular flexibility index (Phi) is 6.87. The summed E-state index contributed by atoms with van der Waals surface area (Å²) in [6.45, 7) is 5.97. The smallest absolute Gasteiger partial charge is 0.260 e. The van der Waals surface area contributed by atoms with Crippen molar-refractivity contribution in [3.05, 3.63) is 23.8 Å². The molecule has 0 aliphatic rings.